The van der Waals surface area contributed by atoms with E-state index in [1.54, 1.807) is 0 Å². The number of rotatable bonds is 12. The average molecular weight is 903 g/mol. The number of hydrogen-bond acceptors (Lipinski definition) is 22. The number of methoxy groups -OCH3 is 1. The Balaban J connectivity index is 1.41. The van der Waals surface area contributed by atoms with Crippen LogP contribution in [0.15, 0.2) is 63.8 Å². The summed E-state index contributed by atoms with van der Waals surface area (Å²) >= 11 is 0. The van der Waals surface area contributed by atoms with Gasteiger partial charge >= 0.3 is 5.97 Å². The van der Waals surface area contributed by atoms with Crippen molar-refractivity contribution in [2.24, 2.45) is 0 Å². The van der Waals surface area contributed by atoms with Gasteiger partial charge in [-0.15, -0.1) is 0 Å². The third-order valence-corrected chi connectivity index (χ3v) is 11.3. The number of aliphatic hydroxyl groups excluding tert-OH is 9. The van der Waals surface area contributed by atoms with E-state index in [0.29, 0.717) is 5.56 Å². The highest BCUT2D eigenvalue weighted by molar-refractivity contribution is 5.92. The lowest BCUT2D eigenvalue weighted by Crippen LogP contribution is -2.56. The van der Waals surface area contributed by atoms with Gasteiger partial charge in [-0.2, -0.15) is 0 Å². The number of carbonyl (C=O) groups excluding carboxylic acids is 1. The fourth-order valence-electron chi connectivity index (χ4n) is 7.67. The maximum atomic E-state index is 14.2. The van der Waals surface area contributed by atoms with Gasteiger partial charge in [-0.25, -0.2) is 4.79 Å². The first-order valence-electron chi connectivity index (χ1n) is 19.6. The summed E-state index contributed by atoms with van der Waals surface area (Å²) in [7, 11) is 1.32. The van der Waals surface area contributed by atoms with Gasteiger partial charge in [-0.3, -0.25) is 4.79 Å². The molecule has 0 saturated carbocycles. The molecule has 346 valence electrons. The number of aliphatic hydroxyl groups is 10. The number of hydrogen-bond donors (Lipinski definition) is 13. The number of phenolic OH excluding ortho intramolecular Hbond substituents is 3. The summed E-state index contributed by atoms with van der Waals surface area (Å²) < 4.78 is 40.1. The van der Waals surface area contributed by atoms with E-state index < -0.39 is 150 Å². The molecule has 3 aliphatic rings. The van der Waals surface area contributed by atoms with Crippen molar-refractivity contribution in [3.63, 3.8) is 0 Å². The molecule has 0 radical (unpaired) electrons. The maximum Gasteiger partial charge on any atom is 0.330 e. The number of carbonyl (C=O) groups is 1. The van der Waals surface area contributed by atoms with E-state index in [0.717, 1.165) is 12.1 Å². The maximum absolute atomic E-state index is 14.2. The lowest BCUT2D eigenvalue weighted by atomic mass is 9.85. The molecule has 22 nitrogen and oxygen atoms in total. The van der Waals surface area contributed by atoms with Gasteiger partial charge in [0.25, 0.3) is 0 Å². The lowest BCUT2D eigenvalue weighted by Gasteiger charge is -2.43. The molecule has 3 aromatic carbocycles. The summed E-state index contributed by atoms with van der Waals surface area (Å²) in [6.45, 7) is -3.62. The minimum Gasteiger partial charge on any atom is -0.508 e. The van der Waals surface area contributed by atoms with E-state index in [-0.39, 0.29) is 28.6 Å². The van der Waals surface area contributed by atoms with Crippen LogP contribution in [0, 0.1) is 0 Å². The predicted molar refractivity (Wildman–Crippen MR) is 213 cm³/mol. The smallest absolute Gasteiger partial charge is 0.330 e. The van der Waals surface area contributed by atoms with Crippen LogP contribution in [0.25, 0.3) is 28.4 Å². The second kappa shape index (κ2) is 18.6. The summed E-state index contributed by atoms with van der Waals surface area (Å²) in [6, 6.07) is 10.3. The summed E-state index contributed by atoms with van der Waals surface area (Å²) in [5, 5.41) is 140. The molecule has 0 amide bonds. The van der Waals surface area contributed by atoms with Crippen molar-refractivity contribution in [3.8, 4) is 40.1 Å². The molecule has 13 N–H and O–H groups in total. The molecule has 7 rings (SSSR count). The van der Waals surface area contributed by atoms with Gasteiger partial charge in [-0.1, -0.05) is 6.07 Å². The molecule has 1 aromatic heterocycles. The first-order chi connectivity index (χ1) is 30.4. The van der Waals surface area contributed by atoms with E-state index in [1.165, 1.54) is 55.7 Å². The van der Waals surface area contributed by atoms with E-state index in [9.17, 15) is 76.0 Å². The predicted octanol–water partition coefficient (Wildman–Crippen LogP) is -2.30. The largest absolute Gasteiger partial charge is 0.508 e. The highest BCUT2D eigenvalue weighted by atomic mass is 16.7. The van der Waals surface area contributed by atoms with Gasteiger partial charge in [0.2, 0.25) is 6.29 Å². The van der Waals surface area contributed by atoms with Crippen molar-refractivity contribution in [1.82, 2.24) is 0 Å². The third kappa shape index (κ3) is 8.59. The van der Waals surface area contributed by atoms with Crippen LogP contribution >= 0.6 is 0 Å². The highest BCUT2D eigenvalue weighted by Gasteiger charge is 2.54. The average Bonchev–Trinajstić information content (AvgIpc) is 3.57. The Bertz CT molecular complexity index is 2420. The van der Waals surface area contributed by atoms with Gasteiger partial charge < -0.3 is 99.2 Å². The van der Waals surface area contributed by atoms with Gasteiger partial charge in [0.1, 0.15) is 108 Å². The van der Waals surface area contributed by atoms with Gasteiger partial charge in [0.15, 0.2) is 22.5 Å². The van der Waals surface area contributed by atoms with Crippen LogP contribution in [0.3, 0.4) is 0 Å². The van der Waals surface area contributed by atoms with Crippen LogP contribution in [0.1, 0.15) is 28.9 Å². The highest BCUT2D eigenvalue weighted by Crippen LogP contribution is 2.52. The SMILES string of the molecule is COc1cc(/C=C/C(=O)OC[C@@H]2O[C@H](c3c(O[C@@H]4OC[C@](O)(CO)[C@@H]4O)c([C@H]4O[C@H](CO)[C@@H](O)[C@H](O)[C@H]4O)c(O)c4c(=O)cc(-c5ccc(O)cc5)oc34)[C@H](O)[C@@H](O)[C@H]2O)ccc1O. The molecule has 64 heavy (non-hydrogen) atoms. The second-order valence-electron chi connectivity index (χ2n) is 15.4. The van der Waals surface area contributed by atoms with Gasteiger partial charge in [0, 0.05) is 17.7 Å². The summed E-state index contributed by atoms with van der Waals surface area (Å²) in [5.74, 6) is -3.41. The van der Waals surface area contributed by atoms with Crippen molar-refractivity contribution in [3.05, 3.63) is 81.5 Å². The molecule has 3 saturated heterocycles. The Labute approximate surface area is 360 Å². The van der Waals surface area contributed by atoms with Gasteiger partial charge in [0.05, 0.1) is 38.1 Å². The van der Waals surface area contributed by atoms with Crippen LogP contribution in [0.5, 0.6) is 28.7 Å². The van der Waals surface area contributed by atoms with Crippen molar-refractivity contribution in [2.45, 2.75) is 79.0 Å². The minimum absolute atomic E-state index is 0.108. The Morgan fingerprint density at radius 1 is 0.828 bits per heavy atom. The molecule has 22 heteroatoms. The zero-order valence-corrected chi connectivity index (χ0v) is 33.5. The number of benzene rings is 3. The van der Waals surface area contributed by atoms with Crippen molar-refractivity contribution in [1.29, 1.82) is 0 Å². The van der Waals surface area contributed by atoms with Crippen molar-refractivity contribution in [2.75, 3.05) is 33.5 Å². The van der Waals surface area contributed by atoms with Crippen molar-refractivity contribution >= 4 is 23.0 Å². The molecule has 4 heterocycles. The zero-order chi connectivity index (χ0) is 46.4. The molecule has 0 aliphatic carbocycles. The quantitative estimate of drug-likeness (QED) is 0.0525. The van der Waals surface area contributed by atoms with Gasteiger partial charge in [-0.05, 0) is 48.0 Å². The van der Waals surface area contributed by atoms with E-state index >= 15 is 0 Å². The third-order valence-electron chi connectivity index (χ3n) is 11.3. The molecular formula is C42H46O22. The van der Waals surface area contributed by atoms with Crippen LogP contribution in [0.2, 0.25) is 0 Å². The summed E-state index contributed by atoms with van der Waals surface area (Å²) in [4.78, 5) is 27.1. The first kappa shape index (κ1) is 46.5. The van der Waals surface area contributed by atoms with Crippen LogP contribution in [-0.4, -0.2) is 173 Å². The molecule has 0 spiro atoms. The molecule has 3 aliphatic heterocycles. The number of esters is 1. The zero-order valence-electron chi connectivity index (χ0n) is 33.5. The Morgan fingerprint density at radius 2 is 1.47 bits per heavy atom. The Kier molecular flexibility index (Phi) is 13.5. The first-order valence-corrected chi connectivity index (χ1v) is 19.6. The fraction of sp³-hybridized carbons (Fsp3) is 0.429. The fourth-order valence-corrected chi connectivity index (χ4v) is 7.67. The summed E-state index contributed by atoms with van der Waals surface area (Å²) in [6.07, 6.45) is -22.0. The van der Waals surface area contributed by atoms with Crippen LogP contribution < -0.4 is 14.9 Å². The Morgan fingerprint density at radius 3 is 2.09 bits per heavy atom. The van der Waals surface area contributed by atoms with Crippen LogP contribution in [0.4, 0.5) is 0 Å². The normalized spacial score (nSPS) is 31.9. The monoisotopic (exact) mass is 902 g/mol. The van der Waals surface area contributed by atoms with Crippen molar-refractivity contribution < 1.29 is 104 Å². The number of phenols is 3. The van der Waals surface area contributed by atoms with E-state index in [4.69, 9.17) is 32.8 Å². The molecule has 4 aromatic rings. The molecule has 0 unspecified atom stereocenters. The number of ether oxygens (including phenoxy) is 6. The summed E-state index contributed by atoms with van der Waals surface area (Å²) in [5.41, 5.74) is -4.93. The number of fused-ring (bicyclic) bond motifs is 1. The molecule has 13 atom stereocenters. The molecular weight excluding hydrogens is 856 g/mol. The lowest BCUT2D eigenvalue weighted by molar-refractivity contribution is -0.235. The Hall–Kier alpha value is -5.44. The van der Waals surface area contributed by atoms with Crippen LogP contribution in [-0.2, 0) is 23.7 Å². The topological polar surface area (TPSA) is 366 Å². The second-order valence-corrected chi connectivity index (χ2v) is 15.4. The molecule has 0 bridgehead atoms. The van der Waals surface area contributed by atoms with E-state index in [1.807, 2.05) is 0 Å². The standard InChI is InChI=1S/C42H46O22/c1-58-22-10-16(2-8-19(22)46)3-9-25(48)59-13-24-30(50)33(53)35(55)39(63-24)28-36-26(20(47)11-21(61-36)17-4-6-18(45)7-5-17)31(51)27(38-34(54)32(52)29(49)23(12-43)62-38)37(28)64-41-40(56)42(57,14-44)15-60-41/h2-11,23-24,29-30,32-35,38-41,43-46,49-57H,12-15H2,1H3/b9-3+/t23-,24+,29-,30+,32+,33+,34-,35-,38-,39-,40-,41+,42-/m1/s1. The van der Waals surface area contributed by atoms with E-state index in [2.05, 4.69) is 0 Å². The molecule has 3 fully saturated rings. The minimum atomic E-state index is -2.36. The number of aromatic hydroxyl groups is 3.